The van der Waals surface area contributed by atoms with Crippen LogP contribution < -0.4 is 0 Å². The molecular weight excluding hydrogens is 334 g/mol. The van der Waals surface area contributed by atoms with E-state index in [1.807, 2.05) is 48.5 Å². The maximum atomic E-state index is 11.0. The fraction of sp³-hybridized carbons (Fsp3) is 0.0625. The molecule has 1 aromatic heterocycles. The molecule has 1 heterocycles. The summed E-state index contributed by atoms with van der Waals surface area (Å²) in [6, 6.07) is 15.7. The van der Waals surface area contributed by atoms with Gasteiger partial charge in [0.25, 0.3) is 0 Å². The van der Waals surface area contributed by atoms with E-state index in [4.69, 9.17) is 16.7 Å². The largest absolute Gasteiger partial charge is 0.476 e. The summed E-state index contributed by atoms with van der Waals surface area (Å²) in [5, 5.41) is 19.9. The first kappa shape index (κ1) is 15.6. The van der Waals surface area contributed by atoms with E-state index >= 15 is 0 Å². The molecule has 5 nitrogen and oxygen atoms in total. The smallest absolute Gasteiger partial charge is 0.359 e. The highest BCUT2D eigenvalue weighted by Gasteiger charge is 2.15. The van der Waals surface area contributed by atoms with Gasteiger partial charge in [0, 0.05) is 16.3 Å². The monoisotopic (exact) mass is 345 g/mol. The van der Waals surface area contributed by atoms with Gasteiger partial charge < -0.3 is 5.11 Å². The van der Waals surface area contributed by atoms with E-state index in [-0.39, 0.29) is 5.69 Å². The number of H-pyrrole nitrogens is 1. The first-order valence-corrected chi connectivity index (χ1v) is 8.12. The van der Waals surface area contributed by atoms with E-state index in [0.29, 0.717) is 15.8 Å². The van der Waals surface area contributed by atoms with Crippen LogP contribution in [0.1, 0.15) is 16.1 Å². The highest BCUT2D eigenvalue weighted by Crippen LogP contribution is 2.29. The second-order valence-corrected chi connectivity index (χ2v) is 6.12. The number of hydrogen-bond acceptors (Lipinski definition) is 4. The van der Waals surface area contributed by atoms with Gasteiger partial charge in [0.05, 0.1) is 0 Å². The van der Waals surface area contributed by atoms with E-state index in [2.05, 4.69) is 15.4 Å². The Labute approximate surface area is 141 Å². The molecule has 0 aliphatic heterocycles. The van der Waals surface area contributed by atoms with Crippen LogP contribution in [-0.4, -0.2) is 26.5 Å². The van der Waals surface area contributed by atoms with E-state index in [0.717, 1.165) is 16.7 Å². The van der Waals surface area contributed by atoms with Crippen LogP contribution in [0.3, 0.4) is 0 Å². The predicted octanol–water partition coefficient (Wildman–Crippen LogP) is 4.12. The number of thioether (sulfide) groups is 1. The van der Waals surface area contributed by atoms with Crippen LogP contribution in [0.5, 0.6) is 0 Å². The van der Waals surface area contributed by atoms with Crippen LogP contribution in [0.2, 0.25) is 5.02 Å². The molecule has 0 atom stereocenters. The number of halogens is 1. The molecule has 0 saturated heterocycles. The Morgan fingerprint density at radius 2 is 1.87 bits per heavy atom. The summed E-state index contributed by atoms with van der Waals surface area (Å²) in [4.78, 5) is 11.0. The molecule has 116 valence electrons. The lowest BCUT2D eigenvalue weighted by molar-refractivity contribution is 0.0686. The van der Waals surface area contributed by atoms with Gasteiger partial charge in [0.1, 0.15) is 0 Å². The zero-order valence-electron chi connectivity index (χ0n) is 11.9. The van der Waals surface area contributed by atoms with Crippen LogP contribution in [0.4, 0.5) is 0 Å². The Bertz CT molecular complexity index is 833. The van der Waals surface area contributed by atoms with Gasteiger partial charge in [0.2, 0.25) is 5.69 Å². The number of aromatic nitrogens is 3. The molecule has 0 saturated carbocycles. The normalized spacial score (nSPS) is 10.7. The molecule has 2 aromatic carbocycles. The van der Waals surface area contributed by atoms with Crippen molar-refractivity contribution < 1.29 is 9.90 Å². The molecule has 7 heteroatoms. The van der Waals surface area contributed by atoms with Gasteiger partial charge in [-0.2, -0.15) is 5.21 Å². The molecule has 0 unspecified atom stereocenters. The van der Waals surface area contributed by atoms with Gasteiger partial charge in [-0.05, 0) is 17.2 Å². The predicted molar refractivity (Wildman–Crippen MR) is 89.8 cm³/mol. The number of carbonyl (C=O) groups is 1. The SMILES string of the molecule is O=C(O)c1n[nH]nc1SCc1ccc(-c2ccccc2Cl)cc1. The van der Waals surface area contributed by atoms with Crippen molar-refractivity contribution in [1.82, 2.24) is 15.4 Å². The average Bonchev–Trinajstić information content (AvgIpc) is 3.03. The van der Waals surface area contributed by atoms with E-state index in [9.17, 15) is 4.79 Å². The number of carboxylic acid groups (broad SMARTS) is 1. The average molecular weight is 346 g/mol. The summed E-state index contributed by atoms with van der Waals surface area (Å²) in [6.45, 7) is 0. The zero-order valence-corrected chi connectivity index (χ0v) is 13.4. The molecule has 0 aliphatic carbocycles. The quantitative estimate of drug-likeness (QED) is 0.680. The lowest BCUT2D eigenvalue weighted by Gasteiger charge is -2.06. The van der Waals surface area contributed by atoms with E-state index in [1.54, 1.807) is 0 Å². The van der Waals surface area contributed by atoms with Crippen LogP contribution in [0.25, 0.3) is 11.1 Å². The van der Waals surface area contributed by atoms with Crippen LogP contribution >= 0.6 is 23.4 Å². The van der Waals surface area contributed by atoms with Crippen LogP contribution in [0.15, 0.2) is 53.6 Å². The Morgan fingerprint density at radius 3 is 2.57 bits per heavy atom. The van der Waals surface area contributed by atoms with Crippen molar-refractivity contribution in [1.29, 1.82) is 0 Å². The fourth-order valence-corrected chi connectivity index (χ4v) is 3.20. The van der Waals surface area contributed by atoms with Crippen LogP contribution in [0, 0.1) is 0 Å². The third kappa shape index (κ3) is 3.55. The third-order valence-corrected chi connectivity index (χ3v) is 4.60. The third-order valence-electron chi connectivity index (χ3n) is 3.23. The van der Waals surface area contributed by atoms with Gasteiger partial charge in [-0.15, -0.1) is 10.2 Å². The maximum absolute atomic E-state index is 11.0. The number of aromatic amines is 1. The fourth-order valence-electron chi connectivity index (χ4n) is 2.09. The van der Waals surface area contributed by atoms with Crippen molar-refractivity contribution in [3.05, 3.63) is 64.8 Å². The standard InChI is InChI=1S/C16H12ClN3O2S/c17-13-4-2-1-3-12(13)11-7-5-10(6-8-11)9-23-15-14(16(21)22)18-20-19-15/h1-8H,9H2,(H,21,22)(H,18,19,20). The van der Waals surface area contributed by atoms with Gasteiger partial charge in [-0.25, -0.2) is 4.79 Å². The number of rotatable bonds is 5. The van der Waals surface area contributed by atoms with Gasteiger partial charge in [0.15, 0.2) is 5.03 Å². The highest BCUT2D eigenvalue weighted by molar-refractivity contribution is 7.98. The summed E-state index contributed by atoms with van der Waals surface area (Å²) in [6.07, 6.45) is 0. The minimum absolute atomic E-state index is 0.0531. The molecule has 2 N–H and O–H groups in total. The molecule has 0 spiro atoms. The minimum Gasteiger partial charge on any atom is -0.476 e. The number of nitrogens with one attached hydrogen (secondary N) is 1. The molecule has 0 aliphatic rings. The second kappa shape index (κ2) is 6.85. The molecule has 3 rings (SSSR count). The number of hydrogen-bond donors (Lipinski definition) is 2. The van der Waals surface area contributed by atoms with Crippen molar-refractivity contribution in [2.75, 3.05) is 0 Å². The lowest BCUT2D eigenvalue weighted by Crippen LogP contribution is -1.98. The minimum atomic E-state index is -1.09. The summed E-state index contributed by atoms with van der Waals surface area (Å²) >= 11 is 7.52. The molecule has 3 aromatic rings. The summed E-state index contributed by atoms with van der Waals surface area (Å²) in [5.41, 5.74) is 3.03. The van der Waals surface area contributed by atoms with Crippen molar-refractivity contribution in [2.24, 2.45) is 0 Å². The maximum Gasteiger partial charge on any atom is 0.359 e. The Balaban J connectivity index is 1.72. The Morgan fingerprint density at radius 1 is 1.13 bits per heavy atom. The number of carboxylic acids is 1. The molecule has 0 fully saturated rings. The van der Waals surface area contributed by atoms with Crippen molar-refractivity contribution in [3.8, 4) is 11.1 Å². The van der Waals surface area contributed by atoms with Crippen molar-refractivity contribution >= 4 is 29.3 Å². The van der Waals surface area contributed by atoms with Gasteiger partial charge in [-0.3, -0.25) is 0 Å². The Hall–Kier alpha value is -2.31. The molecular formula is C16H12ClN3O2S. The summed E-state index contributed by atoms with van der Waals surface area (Å²) in [5.74, 6) is -0.481. The first-order chi connectivity index (χ1) is 11.1. The van der Waals surface area contributed by atoms with E-state index < -0.39 is 5.97 Å². The topological polar surface area (TPSA) is 78.9 Å². The van der Waals surface area contributed by atoms with Crippen molar-refractivity contribution in [2.45, 2.75) is 10.8 Å². The van der Waals surface area contributed by atoms with Crippen LogP contribution in [-0.2, 0) is 5.75 Å². The second-order valence-electron chi connectivity index (χ2n) is 4.75. The van der Waals surface area contributed by atoms with Gasteiger partial charge >= 0.3 is 5.97 Å². The molecule has 0 bridgehead atoms. The zero-order chi connectivity index (χ0) is 16.2. The highest BCUT2D eigenvalue weighted by atomic mass is 35.5. The number of aromatic carboxylic acids is 1. The van der Waals surface area contributed by atoms with E-state index in [1.165, 1.54) is 11.8 Å². The lowest BCUT2D eigenvalue weighted by atomic mass is 10.0. The Kier molecular flexibility index (Phi) is 4.64. The first-order valence-electron chi connectivity index (χ1n) is 6.76. The summed E-state index contributed by atoms with van der Waals surface area (Å²) in [7, 11) is 0. The van der Waals surface area contributed by atoms with Crippen molar-refractivity contribution in [3.63, 3.8) is 0 Å². The number of benzene rings is 2. The molecule has 0 radical (unpaired) electrons. The van der Waals surface area contributed by atoms with Gasteiger partial charge in [-0.1, -0.05) is 65.8 Å². The molecule has 0 amide bonds. The number of nitrogens with zero attached hydrogens (tertiary/aromatic N) is 2. The summed E-state index contributed by atoms with van der Waals surface area (Å²) < 4.78 is 0. The molecule has 23 heavy (non-hydrogen) atoms.